The molecule has 0 bridgehead atoms. The number of piperidine rings is 1. The number of rotatable bonds is 13. The number of hydrogen-bond acceptors (Lipinski definition) is 7. The number of carboxylic acid groups (broad SMARTS) is 1. The second kappa shape index (κ2) is 15.1. The summed E-state index contributed by atoms with van der Waals surface area (Å²) in [6.45, 7) is 8.30. The largest absolute Gasteiger partial charge is 0.465 e. The zero-order chi connectivity index (χ0) is 38.3. The van der Waals surface area contributed by atoms with Crippen molar-refractivity contribution in [3.63, 3.8) is 0 Å². The number of amides is 2. The first-order valence-electron chi connectivity index (χ1n) is 19.0. The van der Waals surface area contributed by atoms with Crippen molar-refractivity contribution in [3.05, 3.63) is 90.8 Å². The standard InChI is InChI=1S/C40H50F2N6O5S/c1-3-36-43-17-20-46(36)27-40(29-7-5-8-30(41)21-29,34-9-6-10-35(34)44-38(50)51)28-15-18-45(19-16-28)24-39(42)25-48(26-39)31-11-13-32(14-12-31)54(52,53)33-22-47(23-33)37(49)4-2/h4-5,7-8,11-14,17,20-21,28,33-35,44H,2-3,6,9-10,15-16,18-19,22-27H2,1H3,(H,50,51)/t34-,35-,40-/m0/s1. The van der Waals surface area contributed by atoms with Crippen LogP contribution in [-0.4, -0.2) is 108 Å². The fourth-order valence-corrected chi connectivity index (χ4v) is 11.4. The van der Waals surface area contributed by atoms with E-state index in [1.807, 2.05) is 17.2 Å². The Hall–Kier alpha value is -4.30. The van der Waals surface area contributed by atoms with E-state index in [1.165, 1.54) is 17.0 Å². The molecule has 0 unspecified atom stereocenters. The van der Waals surface area contributed by atoms with Crippen molar-refractivity contribution in [3.8, 4) is 0 Å². The Morgan fingerprint density at radius 3 is 2.46 bits per heavy atom. The molecular weight excluding hydrogens is 715 g/mol. The lowest BCUT2D eigenvalue weighted by Gasteiger charge is -2.52. The SMILES string of the molecule is C=CC(=O)N1CC(S(=O)(=O)c2ccc(N3CC(F)(CN4CCC([C@@](Cn5ccnc5CC)(c5cccc(F)c5)[C@H]5CCC[C@@H]5NC(=O)O)CC4)C3)cc2)C1. The first kappa shape index (κ1) is 38.0. The molecule has 0 radical (unpaired) electrons. The van der Waals surface area contributed by atoms with E-state index in [2.05, 4.69) is 33.3 Å². The van der Waals surface area contributed by atoms with Crippen LogP contribution in [0.3, 0.4) is 0 Å². The molecule has 4 aliphatic rings. The maximum absolute atomic E-state index is 16.2. The van der Waals surface area contributed by atoms with E-state index in [-0.39, 0.29) is 67.2 Å². The van der Waals surface area contributed by atoms with Crippen LogP contribution in [0.4, 0.5) is 19.3 Å². The molecule has 3 aromatic rings. The minimum atomic E-state index is -3.60. The molecule has 4 heterocycles. The van der Waals surface area contributed by atoms with Gasteiger partial charge in [-0.05, 0) is 98.6 Å². The van der Waals surface area contributed by atoms with Crippen LogP contribution in [0.1, 0.15) is 50.4 Å². The summed E-state index contributed by atoms with van der Waals surface area (Å²) in [7, 11) is -3.60. The van der Waals surface area contributed by atoms with Gasteiger partial charge in [-0.25, -0.2) is 27.0 Å². The number of nitrogens with one attached hydrogen (secondary N) is 1. The lowest BCUT2D eigenvalue weighted by Crippen LogP contribution is -2.64. The lowest BCUT2D eigenvalue weighted by atomic mass is 9.58. The van der Waals surface area contributed by atoms with Crippen molar-refractivity contribution in [2.24, 2.45) is 11.8 Å². The molecule has 3 atom stereocenters. The summed E-state index contributed by atoms with van der Waals surface area (Å²) in [6, 6.07) is 13.1. The molecule has 2 amide bonds. The Balaban J connectivity index is 1.04. The predicted octanol–water partition coefficient (Wildman–Crippen LogP) is 5.07. The van der Waals surface area contributed by atoms with Gasteiger partial charge in [-0.1, -0.05) is 32.1 Å². The number of imidazole rings is 1. The zero-order valence-electron chi connectivity index (χ0n) is 30.7. The fourth-order valence-electron chi connectivity index (χ4n) is 9.77. The van der Waals surface area contributed by atoms with E-state index >= 15 is 8.78 Å². The summed E-state index contributed by atoms with van der Waals surface area (Å²) in [5, 5.41) is 12.0. The second-order valence-electron chi connectivity index (χ2n) is 15.6. The molecule has 2 aromatic carbocycles. The third kappa shape index (κ3) is 7.26. The Bertz CT molecular complexity index is 1950. The van der Waals surface area contributed by atoms with E-state index in [1.54, 1.807) is 42.6 Å². The van der Waals surface area contributed by atoms with E-state index < -0.39 is 32.3 Å². The summed E-state index contributed by atoms with van der Waals surface area (Å²) in [6.07, 6.45) is 8.50. The van der Waals surface area contributed by atoms with Gasteiger partial charge < -0.3 is 24.8 Å². The van der Waals surface area contributed by atoms with Gasteiger partial charge in [-0.15, -0.1) is 0 Å². The molecule has 54 heavy (non-hydrogen) atoms. The molecule has 290 valence electrons. The molecular formula is C40H50F2N6O5S. The van der Waals surface area contributed by atoms with Gasteiger partial charge in [0.25, 0.3) is 0 Å². The third-order valence-electron chi connectivity index (χ3n) is 12.5. The molecule has 1 aliphatic carbocycles. The Morgan fingerprint density at radius 2 is 1.81 bits per heavy atom. The average molecular weight is 765 g/mol. The van der Waals surface area contributed by atoms with E-state index in [0.29, 0.717) is 26.1 Å². The van der Waals surface area contributed by atoms with Crippen LogP contribution in [0.5, 0.6) is 0 Å². The van der Waals surface area contributed by atoms with Crippen molar-refractivity contribution in [1.82, 2.24) is 24.7 Å². The van der Waals surface area contributed by atoms with Crippen LogP contribution < -0.4 is 10.2 Å². The first-order chi connectivity index (χ1) is 25.8. The van der Waals surface area contributed by atoms with Crippen molar-refractivity contribution in [2.75, 3.05) is 50.7 Å². The number of anilines is 1. The molecule has 11 nitrogen and oxygen atoms in total. The minimum Gasteiger partial charge on any atom is -0.465 e. The smallest absolute Gasteiger partial charge is 0.404 e. The number of sulfone groups is 1. The molecule has 7 rings (SSSR count). The van der Waals surface area contributed by atoms with E-state index in [0.717, 1.165) is 49.2 Å². The normalized spacial score (nSPS) is 23.3. The summed E-state index contributed by atoms with van der Waals surface area (Å²) in [5.41, 5.74) is -0.401. The highest BCUT2D eigenvalue weighted by Gasteiger charge is 2.53. The number of aryl methyl sites for hydroxylation is 1. The molecule has 14 heteroatoms. The van der Waals surface area contributed by atoms with Crippen molar-refractivity contribution in [2.45, 2.75) is 79.3 Å². The zero-order valence-corrected chi connectivity index (χ0v) is 31.6. The molecule has 2 N–H and O–H groups in total. The third-order valence-corrected chi connectivity index (χ3v) is 14.6. The quantitative estimate of drug-likeness (QED) is 0.231. The number of alkyl halides is 1. The lowest BCUT2D eigenvalue weighted by molar-refractivity contribution is -0.129. The number of halogens is 2. The van der Waals surface area contributed by atoms with Crippen molar-refractivity contribution in [1.29, 1.82) is 0 Å². The number of carbonyl (C=O) groups excluding carboxylic acids is 1. The van der Waals surface area contributed by atoms with E-state index in [4.69, 9.17) is 0 Å². The highest BCUT2D eigenvalue weighted by molar-refractivity contribution is 7.92. The molecule has 1 aromatic heterocycles. The Labute approximate surface area is 315 Å². The van der Waals surface area contributed by atoms with Crippen LogP contribution in [0.2, 0.25) is 0 Å². The molecule has 1 saturated carbocycles. The first-order valence-corrected chi connectivity index (χ1v) is 20.6. The van der Waals surface area contributed by atoms with Gasteiger partial charge in [0.05, 0.1) is 18.0 Å². The number of carbonyl (C=O) groups is 2. The van der Waals surface area contributed by atoms with Gasteiger partial charge in [0.1, 0.15) is 16.9 Å². The van der Waals surface area contributed by atoms with E-state index in [9.17, 15) is 23.1 Å². The number of likely N-dealkylation sites (tertiary alicyclic amines) is 2. The number of nitrogens with zero attached hydrogens (tertiary/aromatic N) is 5. The van der Waals surface area contributed by atoms with Crippen LogP contribution >= 0.6 is 0 Å². The monoisotopic (exact) mass is 764 g/mol. The summed E-state index contributed by atoms with van der Waals surface area (Å²) in [5.74, 6) is 0.323. The molecule has 4 fully saturated rings. The molecule has 3 aliphatic heterocycles. The number of aromatic nitrogens is 2. The topological polar surface area (TPSA) is 128 Å². The summed E-state index contributed by atoms with van der Waals surface area (Å²) < 4.78 is 59.7. The van der Waals surface area contributed by atoms with Gasteiger partial charge >= 0.3 is 6.09 Å². The van der Waals surface area contributed by atoms with Gasteiger partial charge in [0.15, 0.2) is 15.5 Å². The number of hydrogen-bond donors (Lipinski definition) is 2. The maximum Gasteiger partial charge on any atom is 0.404 e. The van der Waals surface area contributed by atoms with Crippen LogP contribution in [-0.2, 0) is 33.0 Å². The van der Waals surface area contributed by atoms with Crippen molar-refractivity contribution < 1.29 is 31.9 Å². The minimum absolute atomic E-state index is 0.0713. The van der Waals surface area contributed by atoms with Crippen LogP contribution in [0.15, 0.2) is 78.5 Å². The van der Waals surface area contributed by atoms with Gasteiger partial charge in [-0.3, -0.25) is 9.69 Å². The highest BCUT2D eigenvalue weighted by atomic mass is 32.2. The Morgan fingerprint density at radius 1 is 1.09 bits per heavy atom. The predicted molar refractivity (Wildman–Crippen MR) is 201 cm³/mol. The summed E-state index contributed by atoms with van der Waals surface area (Å²) >= 11 is 0. The maximum atomic E-state index is 16.2. The summed E-state index contributed by atoms with van der Waals surface area (Å²) in [4.78, 5) is 34.1. The van der Waals surface area contributed by atoms with Gasteiger partial charge in [0, 0.05) is 62.1 Å². The van der Waals surface area contributed by atoms with Crippen LogP contribution in [0, 0.1) is 17.7 Å². The molecule has 3 saturated heterocycles. The van der Waals surface area contributed by atoms with Gasteiger partial charge in [-0.2, -0.15) is 0 Å². The Kier molecular flexibility index (Phi) is 10.6. The average Bonchev–Trinajstić information content (AvgIpc) is 3.78. The van der Waals surface area contributed by atoms with Crippen LogP contribution in [0.25, 0.3) is 0 Å². The highest BCUT2D eigenvalue weighted by Crippen LogP contribution is 2.52. The molecule has 0 spiro atoms. The fraction of sp³-hybridized carbons (Fsp3) is 0.525. The number of benzene rings is 2. The van der Waals surface area contributed by atoms with Crippen molar-refractivity contribution >= 4 is 27.5 Å². The second-order valence-corrected chi connectivity index (χ2v) is 17.9. The van der Waals surface area contributed by atoms with Gasteiger partial charge in [0.2, 0.25) is 5.91 Å².